The minimum Gasteiger partial charge on any atom is -0.396 e. The first kappa shape index (κ1) is 9.68. The summed E-state index contributed by atoms with van der Waals surface area (Å²) in [5.41, 5.74) is 0.961. The Balaban J connectivity index is 2.80. The average Bonchev–Trinajstić information content (AvgIpc) is 2.10. The van der Waals surface area contributed by atoms with Crippen molar-refractivity contribution in [1.82, 2.24) is 4.98 Å². The fraction of sp³-hybridized carbons (Fsp3) is 0.444. The van der Waals surface area contributed by atoms with Crippen molar-refractivity contribution < 1.29 is 5.11 Å². The largest absolute Gasteiger partial charge is 0.396 e. The molecular weight excluding hydrogens is 218 g/mol. The zero-order valence-electron chi connectivity index (χ0n) is 7.00. The Labute approximate surface area is 80.8 Å². The molecule has 0 saturated carbocycles. The molecule has 12 heavy (non-hydrogen) atoms. The number of aliphatic hydroxyl groups excluding tert-OH is 1. The van der Waals surface area contributed by atoms with E-state index in [1.165, 1.54) is 0 Å². The minimum absolute atomic E-state index is 0.172. The van der Waals surface area contributed by atoms with Crippen molar-refractivity contribution >= 4 is 15.9 Å². The smallest absolute Gasteiger partial charge is 0.0514 e. The molecule has 2 nitrogen and oxygen atoms in total. The van der Waals surface area contributed by atoms with E-state index in [-0.39, 0.29) is 12.5 Å². The van der Waals surface area contributed by atoms with Crippen LogP contribution in [0.25, 0.3) is 0 Å². The van der Waals surface area contributed by atoms with Crippen LogP contribution in [-0.2, 0) is 0 Å². The molecule has 0 saturated heterocycles. The van der Waals surface area contributed by atoms with Crippen LogP contribution in [0, 0.1) is 0 Å². The molecule has 1 N–H and O–H groups in total. The summed E-state index contributed by atoms with van der Waals surface area (Å²) in [4.78, 5) is 4.21. The van der Waals surface area contributed by atoms with Gasteiger partial charge in [0.05, 0.1) is 6.61 Å². The Morgan fingerprint density at radius 3 is 2.75 bits per heavy atom. The summed E-state index contributed by atoms with van der Waals surface area (Å²) in [6.07, 6.45) is 2.68. The predicted molar refractivity (Wildman–Crippen MR) is 52.1 cm³/mol. The van der Waals surface area contributed by atoms with Crippen molar-refractivity contribution in [2.45, 2.75) is 19.3 Å². The summed E-state index contributed by atoms with van der Waals surface area (Å²) < 4.78 is 0.971. The van der Waals surface area contributed by atoms with Crippen LogP contribution in [0.5, 0.6) is 0 Å². The van der Waals surface area contributed by atoms with Gasteiger partial charge in [-0.25, -0.2) is 0 Å². The summed E-state index contributed by atoms with van der Waals surface area (Å²) >= 11 is 3.31. The first-order chi connectivity index (χ1) is 5.77. The molecule has 0 aromatic carbocycles. The molecule has 0 aliphatic heterocycles. The van der Waals surface area contributed by atoms with Gasteiger partial charge in [-0.15, -0.1) is 0 Å². The highest BCUT2D eigenvalue weighted by molar-refractivity contribution is 9.10. The van der Waals surface area contributed by atoms with E-state index in [1.54, 1.807) is 6.20 Å². The Bertz CT molecular complexity index is 231. The number of halogens is 1. The first-order valence-electron chi connectivity index (χ1n) is 4.00. The Kier molecular flexibility index (Phi) is 3.69. The zero-order valence-corrected chi connectivity index (χ0v) is 8.58. The first-order valence-corrected chi connectivity index (χ1v) is 4.79. The second-order valence-corrected chi connectivity index (χ2v) is 3.60. The maximum Gasteiger partial charge on any atom is 0.0514 e. The van der Waals surface area contributed by atoms with Gasteiger partial charge in [-0.05, 0) is 34.5 Å². The lowest BCUT2D eigenvalue weighted by molar-refractivity contribution is 0.260. The fourth-order valence-corrected chi connectivity index (χ4v) is 1.30. The second kappa shape index (κ2) is 4.58. The number of pyridine rings is 1. The lowest BCUT2D eigenvalue weighted by Gasteiger charge is -2.09. The predicted octanol–water partition coefficient (Wildman–Crippen LogP) is 2.33. The summed E-state index contributed by atoms with van der Waals surface area (Å²) in [6.45, 7) is 2.22. The number of nitrogens with zero attached hydrogens (tertiary/aromatic N) is 1. The van der Waals surface area contributed by atoms with Crippen LogP contribution in [0.4, 0.5) is 0 Å². The average molecular weight is 230 g/mol. The van der Waals surface area contributed by atoms with E-state index >= 15 is 0 Å². The Morgan fingerprint density at radius 2 is 2.33 bits per heavy atom. The van der Waals surface area contributed by atoms with E-state index in [0.29, 0.717) is 0 Å². The van der Waals surface area contributed by atoms with E-state index in [4.69, 9.17) is 5.11 Å². The van der Waals surface area contributed by atoms with E-state index in [1.807, 2.05) is 19.1 Å². The highest BCUT2D eigenvalue weighted by Crippen LogP contribution is 2.17. The van der Waals surface area contributed by atoms with Crippen molar-refractivity contribution in [2.75, 3.05) is 6.61 Å². The van der Waals surface area contributed by atoms with Gasteiger partial charge in [0.1, 0.15) is 0 Å². The van der Waals surface area contributed by atoms with E-state index in [2.05, 4.69) is 20.9 Å². The molecule has 0 fully saturated rings. The molecule has 1 aromatic heterocycles. The molecule has 1 aromatic rings. The SMILES string of the molecule is CCC(CO)c1ccc(Br)cn1. The lowest BCUT2D eigenvalue weighted by Crippen LogP contribution is -2.04. The molecule has 1 heterocycles. The van der Waals surface area contributed by atoms with Gasteiger partial charge in [0, 0.05) is 22.3 Å². The molecule has 1 unspecified atom stereocenters. The number of aliphatic hydroxyl groups is 1. The summed E-state index contributed by atoms with van der Waals surface area (Å²) in [7, 11) is 0. The summed E-state index contributed by atoms with van der Waals surface area (Å²) in [6, 6.07) is 3.88. The van der Waals surface area contributed by atoms with E-state index < -0.39 is 0 Å². The topological polar surface area (TPSA) is 33.1 Å². The van der Waals surface area contributed by atoms with E-state index in [9.17, 15) is 0 Å². The molecule has 0 radical (unpaired) electrons. The van der Waals surface area contributed by atoms with Crippen LogP contribution in [0.3, 0.4) is 0 Å². The van der Waals surface area contributed by atoms with Crippen LogP contribution < -0.4 is 0 Å². The second-order valence-electron chi connectivity index (χ2n) is 2.69. The van der Waals surface area contributed by atoms with Gasteiger partial charge >= 0.3 is 0 Å². The third-order valence-corrected chi connectivity index (χ3v) is 2.35. The maximum absolute atomic E-state index is 9.00. The highest BCUT2D eigenvalue weighted by atomic mass is 79.9. The van der Waals surface area contributed by atoms with Crippen LogP contribution in [-0.4, -0.2) is 16.7 Å². The third-order valence-electron chi connectivity index (χ3n) is 1.88. The van der Waals surface area contributed by atoms with Crippen molar-refractivity contribution in [2.24, 2.45) is 0 Å². The molecule has 0 bridgehead atoms. The Hall–Kier alpha value is -0.410. The van der Waals surface area contributed by atoms with Crippen molar-refractivity contribution in [3.8, 4) is 0 Å². The van der Waals surface area contributed by atoms with Gasteiger partial charge in [-0.1, -0.05) is 6.92 Å². The molecule has 0 aliphatic carbocycles. The summed E-state index contributed by atoms with van der Waals surface area (Å²) in [5, 5.41) is 9.00. The highest BCUT2D eigenvalue weighted by Gasteiger charge is 2.08. The van der Waals surface area contributed by atoms with Crippen LogP contribution in [0.1, 0.15) is 25.0 Å². The van der Waals surface area contributed by atoms with Gasteiger partial charge in [0.15, 0.2) is 0 Å². The van der Waals surface area contributed by atoms with Crippen molar-refractivity contribution in [3.05, 3.63) is 28.5 Å². The minimum atomic E-state index is 0.172. The Morgan fingerprint density at radius 1 is 1.58 bits per heavy atom. The van der Waals surface area contributed by atoms with Gasteiger partial charge in [0.2, 0.25) is 0 Å². The monoisotopic (exact) mass is 229 g/mol. The molecule has 1 atom stereocenters. The standard InChI is InChI=1S/C9H12BrNO/c1-2-7(6-12)9-4-3-8(10)5-11-9/h3-5,7,12H,2,6H2,1H3. The number of hydrogen-bond donors (Lipinski definition) is 1. The number of rotatable bonds is 3. The third kappa shape index (κ3) is 2.29. The van der Waals surface area contributed by atoms with Crippen LogP contribution in [0.15, 0.2) is 22.8 Å². The van der Waals surface area contributed by atoms with Crippen molar-refractivity contribution in [3.63, 3.8) is 0 Å². The molecule has 1 rings (SSSR count). The molecular formula is C9H12BrNO. The van der Waals surface area contributed by atoms with Crippen molar-refractivity contribution in [1.29, 1.82) is 0 Å². The number of hydrogen-bond acceptors (Lipinski definition) is 2. The molecule has 3 heteroatoms. The number of aromatic nitrogens is 1. The maximum atomic E-state index is 9.00. The quantitative estimate of drug-likeness (QED) is 0.864. The fourth-order valence-electron chi connectivity index (χ4n) is 1.06. The van der Waals surface area contributed by atoms with Gasteiger partial charge < -0.3 is 5.11 Å². The molecule has 0 spiro atoms. The van der Waals surface area contributed by atoms with E-state index in [0.717, 1.165) is 16.6 Å². The molecule has 0 amide bonds. The van der Waals surface area contributed by atoms with Crippen LogP contribution >= 0.6 is 15.9 Å². The molecule has 66 valence electrons. The lowest BCUT2D eigenvalue weighted by atomic mass is 10.0. The molecule has 0 aliphatic rings. The summed E-state index contributed by atoms with van der Waals surface area (Å²) in [5.74, 6) is 0.179. The van der Waals surface area contributed by atoms with Gasteiger partial charge in [-0.2, -0.15) is 0 Å². The normalized spacial score (nSPS) is 12.9. The zero-order chi connectivity index (χ0) is 8.97. The van der Waals surface area contributed by atoms with Crippen LogP contribution in [0.2, 0.25) is 0 Å². The van der Waals surface area contributed by atoms with Gasteiger partial charge in [0.25, 0.3) is 0 Å². The van der Waals surface area contributed by atoms with Gasteiger partial charge in [-0.3, -0.25) is 4.98 Å².